The number of aromatic amines is 1. The van der Waals surface area contributed by atoms with Gasteiger partial charge in [-0.3, -0.25) is 4.79 Å². The van der Waals surface area contributed by atoms with E-state index in [2.05, 4.69) is 14.9 Å². The highest BCUT2D eigenvalue weighted by Gasteiger charge is 2.31. The van der Waals surface area contributed by atoms with Crippen molar-refractivity contribution in [1.82, 2.24) is 14.5 Å². The fourth-order valence-corrected chi connectivity index (χ4v) is 4.28. The van der Waals surface area contributed by atoms with E-state index in [1.165, 1.54) is 6.07 Å². The number of halogens is 4. The van der Waals surface area contributed by atoms with E-state index in [0.717, 1.165) is 22.5 Å². The molecule has 0 saturated carbocycles. The van der Waals surface area contributed by atoms with Gasteiger partial charge < -0.3 is 14.8 Å². The van der Waals surface area contributed by atoms with Crippen LogP contribution in [0.25, 0.3) is 16.6 Å². The Hall–Kier alpha value is -3.79. The van der Waals surface area contributed by atoms with Crippen molar-refractivity contribution in [2.45, 2.75) is 6.18 Å². The van der Waals surface area contributed by atoms with Crippen LogP contribution in [0.5, 0.6) is 0 Å². The van der Waals surface area contributed by atoms with Gasteiger partial charge in [-0.25, -0.2) is 14.3 Å². The van der Waals surface area contributed by atoms with Crippen molar-refractivity contribution >= 4 is 34.0 Å². The summed E-state index contributed by atoms with van der Waals surface area (Å²) < 4.78 is 39.4. The summed E-state index contributed by atoms with van der Waals surface area (Å²) in [5, 5.41) is 0.857. The van der Waals surface area contributed by atoms with Crippen molar-refractivity contribution in [1.29, 1.82) is 0 Å². The van der Waals surface area contributed by atoms with Crippen LogP contribution in [0, 0.1) is 0 Å². The Morgan fingerprint density at radius 2 is 1.51 bits per heavy atom. The van der Waals surface area contributed by atoms with E-state index in [1.54, 1.807) is 36.4 Å². The summed E-state index contributed by atoms with van der Waals surface area (Å²) in [6.07, 6.45) is -3.58. The van der Waals surface area contributed by atoms with E-state index >= 15 is 0 Å². The lowest BCUT2D eigenvalue weighted by atomic mass is 10.1. The molecular formula is C24H19ClF3N5O2. The van der Waals surface area contributed by atoms with Crippen molar-refractivity contribution in [3.05, 3.63) is 92.2 Å². The Morgan fingerprint density at radius 1 is 0.857 bits per heavy atom. The van der Waals surface area contributed by atoms with E-state index in [4.69, 9.17) is 11.6 Å². The SMILES string of the molecule is O=c1[nH]c2ccc(N3CCN(c4ccc(C(F)(F)F)cn4)CC3)cc2c(=O)n1-c1ccc(Cl)cc1. The van der Waals surface area contributed by atoms with E-state index in [0.29, 0.717) is 53.6 Å². The number of pyridine rings is 1. The molecule has 35 heavy (non-hydrogen) atoms. The normalized spacial score (nSPS) is 14.5. The molecule has 0 bridgehead atoms. The number of alkyl halides is 3. The molecule has 0 spiro atoms. The van der Waals surface area contributed by atoms with Crippen molar-refractivity contribution in [2.24, 2.45) is 0 Å². The summed E-state index contributed by atoms with van der Waals surface area (Å²) in [7, 11) is 0. The molecule has 4 aromatic rings. The van der Waals surface area contributed by atoms with Crippen LogP contribution in [-0.2, 0) is 6.18 Å². The molecule has 0 radical (unpaired) electrons. The Kier molecular flexibility index (Phi) is 5.76. The third-order valence-electron chi connectivity index (χ3n) is 6.01. The van der Waals surface area contributed by atoms with Crippen LogP contribution in [0.2, 0.25) is 5.02 Å². The van der Waals surface area contributed by atoms with Gasteiger partial charge in [0.05, 0.1) is 22.2 Å². The minimum Gasteiger partial charge on any atom is -0.368 e. The number of rotatable bonds is 3. The predicted octanol–water partition coefficient (Wildman–Crippen LogP) is 4.07. The zero-order valence-electron chi connectivity index (χ0n) is 18.2. The third-order valence-corrected chi connectivity index (χ3v) is 6.26. The largest absolute Gasteiger partial charge is 0.417 e. The van der Waals surface area contributed by atoms with E-state index < -0.39 is 23.0 Å². The molecule has 1 N–H and O–H groups in total. The summed E-state index contributed by atoms with van der Waals surface area (Å²) in [6, 6.07) is 14.1. The van der Waals surface area contributed by atoms with Crippen molar-refractivity contribution in [3.63, 3.8) is 0 Å². The molecule has 11 heteroatoms. The van der Waals surface area contributed by atoms with Gasteiger partial charge in [0, 0.05) is 43.1 Å². The van der Waals surface area contributed by atoms with Crippen LogP contribution < -0.4 is 21.0 Å². The molecule has 2 aromatic heterocycles. The van der Waals surface area contributed by atoms with Gasteiger partial charge in [-0.1, -0.05) is 11.6 Å². The molecule has 0 atom stereocenters. The zero-order chi connectivity index (χ0) is 24.7. The van der Waals surface area contributed by atoms with Gasteiger partial charge in [0.2, 0.25) is 0 Å². The first kappa shape index (κ1) is 23.0. The minimum absolute atomic E-state index is 0.365. The summed E-state index contributed by atoms with van der Waals surface area (Å²) in [5.41, 5.74) is -0.120. The molecule has 0 aliphatic carbocycles. The average Bonchev–Trinajstić information content (AvgIpc) is 2.85. The molecule has 1 aliphatic heterocycles. The van der Waals surface area contributed by atoms with E-state index in [9.17, 15) is 22.8 Å². The molecule has 1 aliphatic rings. The maximum absolute atomic E-state index is 13.2. The second-order valence-electron chi connectivity index (χ2n) is 8.15. The second-order valence-corrected chi connectivity index (χ2v) is 8.59. The fraction of sp³-hybridized carbons (Fsp3) is 0.208. The van der Waals surface area contributed by atoms with Crippen LogP contribution >= 0.6 is 11.6 Å². The standard InChI is InChI=1S/C24H19ClF3N5O2/c25-16-2-4-17(5-3-16)33-22(34)19-13-18(6-7-20(19)30-23(33)35)31-9-11-32(12-10-31)21-8-1-15(14-29-21)24(26,27)28/h1-8,13-14H,9-12H2,(H,30,35). The summed E-state index contributed by atoms with van der Waals surface area (Å²) in [6.45, 7) is 2.28. The number of anilines is 2. The number of fused-ring (bicyclic) bond motifs is 1. The van der Waals surface area contributed by atoms with Crippen LogP contribution in [-0.4, -0.2) is 40.7 Å². The Bertz CT molecular complexity index is 1490. The molecule has 0 amide bonds. The molecule has 7 nitrogen and oxygen atoms in total. The third kappa shape index (κ3) is 4.49. The Balaban J connectivity index is 1.38. The first-order valence-electron chi connectivity index (χ1n) is 10.8. The highest BCUT2D eigenvalue weighted by atomic mass is 35.5. The van der Waals surface area contributed by atoms with Gasteiger partial charge >= 0.3 is 11.9 Å². The summed E-state index contributed by atoms with van der Waals surface area (Å²) in [4.78, 5) is 36.5. The topological polar surface area (TPSA) is 74.2 Å². The molecule has 1 saturated heterocycles. The number of nitrogens with zero attached hydrogens (tertiary/aromatic N) is 4. The second kappa shape index (κ2) is 8.77. The highest BCUT2D eigenvalue weighted by Crippen LogP contribution is 2.30. The van der Waals surface area contributed by atoms with E-state index in [-0.39, 0.29) is 0 Å². The van der Waals surface area contributed by atoms with Crippen molar-refractivity contribution in [2.75, 3.05) is 36.0 Å². The van der Waals surface area contributed by atoms with Gasteiger partial charge in [-0.2, -0.15) is 13.2 Å². The maximum atomic E-state index is 13.2. The molecule has 1 fully saturated rings. The van der Waals surface area contributed by atoms with Crippen LogP contribution in [0.1, 0.15) is 5.56 Å². The lowest BCUT2D eigenvalue weighted by molar-refractivity contribution is -0.137. The van der Waals surface area contributed by atoms with Crippen LogP contribution in [0.4, 0.5) is 24.7 Å². The van der Waals surface area contributed by atoms with Gasteiger partial charge in [0.1, 0.15) is 5.82 Å². The molecular weight excluding hydrogens is 483 g/mol. The Labute approximate surface area is 202 Å². The summed E-state index contributed by atoms with van der Waals surface area (Å²) >= 11 is 5.92. The van der Waals surface area contributed by atoms with E-state index in [1.807, 2.05) is 11.0 Å². The monoisotopic (exact) mass is 501 g/mol. The zero-order valence-corrected chi connectivity index (χ0v) is 19.0. The molecule has 5 rings (SSSR count). The quantitative estimate of drug-likeness (QED) is 0.458. The molecule has 2 aromatic carbocycles. The average molecular weight is 502 g/mol. The highest BCUT2D eigenvalue weighted by molar-refractivity contribution is 6.30. The smallest absolute Gasteiger partial charge is 0.368 e. The first-order valence-corrected chi connectivity index (χ1v) is 11.2. The number of H-pyrrole nitrogens is 1. The van der Waals surface area contributed by atoms with Gasteiger partial charge in [0.25, 0.3) is 5.56 Å². The van der Waals surface area contributed by atoms with Gasteiger partial charge in [-0.15, -0.1) is 0 Å². The molecule has 0 unspecified atom stereocenters. The van der Waals surface area contributed by atoms with Crippen LogP contribution in [0.15, 0.2) is 70.4 Å². The summed E-state index contributed by atoms with van der Waals surface area (Å²) in [5.74, 6) is 0.486. The predicted molar refractivity (Wildman–Crippen MR) is 129 cm³/mol. The number of hydrogen-bond donors (Lipinski definition) is 1. The lowest BCUT2D eigenvalue weighted by Gasteiger charge is -2.36. The first-order chi connectivity index (χ1) is 16.7. The fourth-order valence-electron chi connectivity index (χ4n) is 4.16. The van der Waals surface area contributed by atoms with Gasteiger partial charge in [0.15, 0.2) is 0 Å². The van der Waals surface area contributed by atoms with Crippen molar-refractivity contribution < 1.29 is 13.2 Å². The number of nitrogens with one attached hydrogen (secondary N) is 1. The number of hydrogen-bond acceptors (Lipinski definition) is 5. The number of piperazine rings is 1. The molecule has 3 heterocycles. The lowest BCUT2D eigenvalue weighted by Crippen LogP contribution is -2.46. The maximum Gasteiger partial charge on any atom is 0.417 e. The van der Waals surface area contributed by atoms with Gasteiger partial charge in [-0.05, 0) is 54.6 Å². The number of aromatic nitrogens is 3. The minimum atomic E-state index is -4.42. The van der Waals surface area contributed by atoms with Crippen LogP contribution in [0.3, 0.4) is 0 Å². The Morgan fingerprint density at radius 3 is 2.14 bits per heavy atom. The number of benzene rings is 2. The molecule has 180 valence electrons. The van der Waals surface area contributed by atoms with Crippen molar-refractivity contribution in [3.8, 4) is 5.69 Å².